The highest BCUT2D eigenvalue weighted by Gasteiger charge is 1.99. The van der Waals surface area contributed by atoms with E-state index in [0.717, 1.165) is 12.3 Å². The van der Waals surface area contributed by atoms with Gasteiger partial charge >= 0.3 is 0 Å². The molecule has 0 atom stereocenters. The molecule has 0 spiro atoms. The highest BCUT2D eigenvalue weighted by molar-refractivity contribution is 8.68. The van der Waals surface area contributed by atoms with Gasteiger partial charge in [-0.05, 0) is 23.3 Å². The highest BCUT2D eigenvalue weighted by atomic mass is 33.1. The first-order valence-electron chi connectivity index (χ1n) is 6.90. The van der Waals surface area contributed by atoms with Crippen molar-refractivity contribution >= 4 is 40.3 Å². The van der Waals surface area contributed by atoms with Gasteiger partial charge in [0.15, 0.2) is 12.4 Å². The largest absolute Gasteiger partial charge is 0.374 e. The van der Waals surface area contributed by atoms with Gasteiger partial charge in [-0.25, -0.2) is 4.57 Å². The van der Waals surface area contributed by atoms with Gasteiger partial charge in [0.25, 0.3) is 0 Å². The standard InChI is InChI=1S/C17H20N2S2/c1-18-11-9-16(10-12-18)4-3-15-5-7-17(8-6-15)19(2)13-14-21-20/h3-12H,13-14H2,1-2H3/p+1. The van der Waals surface area contributed by atoms with Crippen molar-refractivity contribution in [3.63, 3.8) is 0 Å². The topological polar surface area (TPSA) is 7.12 Å². The summed E-state index contributed by atoms with van der Waals surface area (Å²) in [5.74, 6) is 1.02. The van der Waals surface area contributed by atoms with Gasteiger partial charge in [0.2, 0.25) is 0 Å². The average Bonchev–Trinajstić information content (AvgIpc) is 2.52. The van der Waals surface area contributed by atoms with Crippen LogP contribution in [-0.2, 0) is 7.05 Å². The number of aromatic nitrogens is 1. The van der Waals surface area contributed by atoms with Gasteiger partial charge in [-0.15, -0.1) is 11.7 Å². The lowest BCUT2D eigenvalue weighted by Crippen LogP contribution is -2.25. The van der Waals surface area contributed by atoms with E-state index in [9.17, 15) is 0 Å². The maximum absolute atomic E-state index is 4.17. The molecular formula is C17H21N2S2+. The first-order valence-corrected chi connectivity index (χ1v) is 8.94. The van der Waals surface area contributed by atoms with Crippen LogP contribution < -0.4 is 9.47 Å². The van der Waals surface area contributed by atoms with Crippen LogP contribution in [0.2, 0.25) is 0 Å². The lowest BCUT2D eigenvalue weighted by atomic mass is 10.1. The van der Waals surface area contributed by atoms with Crippen molar-refractivity contribution in [2.75, 3.05) is 24.2 Å². The molecule has 0 bridgehead atoms. The van der Waals surface area contributed by atoms with Crippen molar-refractivity contribution in [3.8, 4) is 0 Å². The molecule has 0 N–H and O–H groups in total. The first kappa shape index (κ1) is 16.0. The highest BCUT2D eigenvalue weighted by Crippen LogP contribution is 2.16. The van der Waals surface area contributed by atoms with E-state index >= 15 is 0 Å². The van der Waals surface area contributed by atoms with Crippen LogP contribution in [0.1, 0.15) is 11.1 Å². The zero-order valence-corrected chi connectivity index (χ0v) is 14.1. The van der Waals surface area contributed by atoms with E-state index in [1.165, 1.54) is 16.8 Å². The van der Waals surface area contributed by atoms with E-state index < -0.39 is 0 Å². The molecule has 0 unspecified atom stereocenters. The maximum atomic E-state index is 4.17. The second kappa shape index (κ2) is 8.15. The molecule has 0 aliphatic heterocycles. The lowest BCUT2D eigenvalue weighted by molar-refractivity contribution is -0.671. The van der Waals surface area contributed by atoms with E-state index in [1.54, 1.807) is 10.8 Å². The third-order valence-electron chi connectivity index (χ3n) is 3.32. The second-order valence-electron chi connectivity index (χ2n) is 4.98. The Kier molecular flexibility index (Phi) is 6.21. The lowest BCUT2D eigenvalue weighted by Gasteiger charge is -2.18. The predicted molar refractivity (Wildman–Crippen MR) is 97.7 cm³/mol. The van der Waals surface area contributed by atoms with Crippen LogP contribution in [0.25, 0.3) is 12.2 Å². The minimum Gasteiger partial charge on any atom is -0.374 e. The zero-order chi connectivity index (χ0) is 15.1. The predicted octanol–water partition coefficient (Wildman–Crippen LogP) is 3.70. The number of aryl methyl sites for hydroxylation is 1. The van der Waals surface area contributed by atoms with E-state index in [4.69, 9.17) is 0 Å². The molecule has 2 rings (SSSR count). The number of pyridine rings is 1. The molecule has 4 heteroatoms. The molecule has 2 nitrogen and oxygen atoms in total. The molecule has 0 aliphatic rings. The van der Waals surface area contributed by atoms with Crippen molar-refractivity contribution in [1.29, 1.82) is 0 Å². The van der Waals surface area contributed by atoms with Gasteiger partial charge in [0.05, 0.1) is 0 Å². The monoisotopic (exact) mass is 317 g/mol. The number of benzene rings is 1. The summed E-state index contributed by atoms with van der Waals surface area (Å²) in [6, 6.07) is 12.8. The Balaban J connectivity index is 2.00. The number of anilines is 1. The van der Waals surface area contributed by atoms with Crippen molar-refractivity contribution in [1.82, 2.24) is 0 Å². The number of rotatable bonds is 6. The molecule has 21 heavy (non-hydrogen) atoms. The Labute approximate surface area is 136 Å². The molecule has 0 saturated heterocycles. The molecule has 0 radical (unpaired) electrons. The Morgan fingerprint density at radius 3 is 2.19 bits per heavy atom. The van der Waals surface area contributed by atoms with Crippen LogP contribution in [-0.4, -0.2) is 19.3 Å². The van der Waals surface area contributed by atoms with Gasteiger partial charge in [-0.2, -0.15) is 0 Å². The molecule has 0 aliphatic carbocycles. The quantitative estimate of drug-likeness (QED) is 0.493. The summed E-state index contributed by atoms with van der Waals surface area (Å²) < 4.78 is 2.03. The summed E-state index contributed by atoms with van der Waals surface area (Å²) in [6.07, 6.45) is 8.38. The van der Waals surface area contributed by atoms with E-state index in [2.05, 4.69) is 84.6 Å². The number of hydrogen-bond acceptors (Lipinski definition) is 3. The summed E-state index contributed by atoms with van der Waals surface area (Å²) in [5, 5.41) is 0. The van der Waals surface area contributed by atoms with Gasteiger partial charge in [-0.1, -0.05) is 35.1 Å². The summed E-state index contributed by atoms with van der Waals surface area (Å²) in [6.45, 7) is 1.00. The van der Waals surface area contributed by atoms with Crippen LogP contribution in [0.3, 0.4) is 0 Å². The fourth-order valence-corrected chi connectivity index (χ4v) is 2.56. The molecule has 0 amide bonds. The van der Waals surface area contributed by atoms with Crippen LogP contribution in [0.15, 0.2) is 48.8 Å². The van der Waals surface area contributed by atoms with E-state index in [1.807, 2.05) is 11.6 Å². The molecule has 1 heterocycles. The van der Waals surface area contributed by atoms with Crippen molar-refractivity contribution < 1.29 is 4.57 Å². The Morgan fingerprint density at radius 1 is 1.05 bits per heavy atom. The average molecular weight is 318 g/mol. The fraction of sp³-hybridized carbons (Fsp3) is 0.235. The summed E-state index contributed by atoms with van der Waals surface area (Å²) in [4.78, 5) is 2.24. The zero-order valence-electron chi connectivity index (χ0n) is 12.4. The fourth-order valence-electron chi connectivity index (χ4n) is 1.96. The maximum Gasteiger partial charge on any atom is 0.169 e. The Morgan fingerprint density at radius 2 is 1.62 bits per heavy atom. The number of thiol groups is 1. The molecule has 110 valence electrons. The Bertz CT molecular complexity index is 577. The summed E-state index contributed by atoms with van der Waals surface area (Å²) in [7, 11) is 5.71. The van der Waals surface area contributed by atoms with E-state index in [0.29, 0.717) is 0 Å². The van der Waals surface area contributed by atoms with Gasteiger partial charge in [0.1, 0.15) is 7.05 Å². The van der Waals surface area contributed by atoms with Gasteiger partial charge in [-0.3, -0.25) is 0 Å². The molecular weight excluding hydrogens is 296 g/mol. The molecule has 2 aromatic rings. The molecule has 0 fully saturated rings. The molecule has 1 aromatic carbocycles. The van der Waals surface area contributed by atoms with Crippen LogP contribution in [0.5, 0.6) is 0 Å². The van der Waals surface area contributed by atoms with Crippen LogP contribution >= 0.6 is 22.5 Å². The van der Waals surface area contributed by atoms with Crippen molar-refractivity contribution in [2.24, 2.45) is 7.05 Å². The third kappa shape index (κ3) is 5.14. The summed E-state index contributed by atoms with van der Waals surface area (Å²) in [5.41, 5.74) is 3.66. The van der Waals surface area contributed by atoms with E-state index in [-0.39, 0.29) is 0 Å². The smallest absolute Gasteiger partial charge is 0.169 e. The number of hydrogen-bond donors (Lipinski definition) is 1. The summed E-state index contributed by atoms with van der Waals surface area (Å²) >= 11 is 4.17. The van der Waals surface area contributed by atoms with Crippen molar-refractivity contribution in [2.45, 2.75) is 0 Å². The van der Waals surface area contributed by atoms with Crippen LogP contribution in [0, 0.1) is 0 Å². The first-order chi connectivity index (χ1) is 10.2. The van der Waals surface area contributed by atoms with Crippen molar-refractivity contribution in [3.05, 3.63) is 59.9 Å². The minimum atomic E-state index is 1.00. The second-order valence-corrected chi connectivity index (χ2v) is 6.42. The third-order valence-corrected chi connectivity index (χ3v) is 4.24. The normalized spacial score (nSPS) is 11.0. The van der Waals surface area contributed by atoms with Crippen LogP contribution in [0.4, 0.5) is 5.69 Å². The molecule has 1 aromatic heterocycles. The minimum absolute atomic E-state index is 1.00. The Hall–Kier alpha value is -1.39. The van der Waals surface area contributed by atoms with Gasteiger partial charge in [0, 0.05) is 37.2 Å². The SMILES string of the molecule is CN(CCSS)c1ccc(/C=C/c2cc[n+](C)cc2)cc1. The molecule has 0 saturated carbocycles. The number of nitrogens with zero attached hydrogens (tertiary/aromatic N) is 2. The van der Waals surface area contributed by atoms with Gasteiger partial charge < -0.3 is 4.90 Å².